The molecule has 3 amide bonds. The molecule has 0 bridgehead atoms. The Morgan fingerprint density at radius 1 is 1.22 bits per heavy atom. The zero-order valence-corrected chi connectivity index (χ0v) is 25.5. The van der Waals surface area contributed by atoms with Crippen molar-refractivity contribution < 1.29 is 29.4 Å². The van der Waals surface area contributed by atoms with Crippen molar-refractivity contribution in [3.63, 3.8) is 0 Å². The molecule has 15 nitrogen and oxygen atoms in total. The number of benzene rings is 2. The van der Waals surface area contributed by atoms with E-state index >= 15 is 0 Å². The molecular weight excluding hydrogens is 648 g/mol. The Morgan fingerprint density at radius 3 is 2.71 bits per heavy atom. The van der Waals surface area contributed by atoms with Gasteiger partial charge < -0.3 is 25.8 Å². The number of rotatable bonds is 8. The second-order valence-electron chi connectivity index (χ2n) is 10.0. The lowest BCUT2D eigenvalue weighted by molar-refractivity contribution is -0.151. The number of phenolic OH excluding ortho intramolecular Hbond substituents is 1. The van der Waals surface area contributed by atoms with Crippen LogP contribution in [0.1, 0.15) is 11.6 Å². The summed E-state index contributed by atoms with van der Waals surface area (Å²) in [5.41, 5.74) is 0.478. The number of carbonyl (C=O) groups is 4. The van der Waals surface area contributed by atoms with Gasteiger partial charge in [0.05, 0.1) is 22.3 Å². The number of hydrogen-bond acceptors (Lipinski definition) is 10. The van der Waals surface area contributed by atoms with Gasteiger partial charge in [-0.05, 0) is 35.4 Å². The molecule has 5 N–H and O–H groups in total. The van der Waals surface area contributed by atoms with Crippen molar-refractivity contribution in [1.82, 2.24) is 40.1 Å². The summed E-state index contributed by atoms with van der Waals surface area (Å²) in [6.45, 7) is 0. The maximum atomic E-state index is 13.7. The highest BCUT2D eigenvalue weighted by Gasteiger charge is 2.54. The third-order valence-electron chi connectivity index (χ3n) is 7.24. The van der Waals surface area contributed by atoms with E-state index in [0.29, 0.717) is 11.1 Å². The van der Waals surface area contributed by atoms with Gasteiger partial charge in [0.2, 0.25) is 5.91 Å². The highest BCUT2D eigenvalue weighted by atomic mass is 35.5. The quantitative estimate of drug-likeness (QED) is 0.135. The summed E-state index contributed by atoms with van der Waals surface area (Å²) < 4.78 is 2.38. The van der Waals surface area contributed by atoms with Gasteiger partial charge in [0, 0.05) is 18.6 Å². The number of aromatic nitrogens is 5. The summed E-state index contributed by atoms with van der Waals surface area (Å²) in [5, 5.41) is 32.7. The first-order valence-corrected chi connectivity index (χ1v) is 15.6. The normalized spacial score (nSPS) is 18.4. The van der Waals surface area contributed by atoms with Crippen LogP contribution in [0.4, 0.5) is 4.79 Å². The highest BCUT2D eigenvalue weighted by Crippen LogP contribution is 2.42. The number of hydrogen-bond donors (Lipinski definition) is 5. The molecular formula is C27H23ClN8O7S2. The number of aromatic hydroxyl groups is 1. The number of halogens is 1. The van der Waals surface area contributed by atoms with Crippen molar-refractivity contribution in [1.29, 1.82) is 0 Å². The molecule has 4 aromatic rings. The van der Waals surface area contributed by atoms with Crippen LogP contribution >= 0.6 is 35.1 Å². The Balaban J connectivity index is 1.24. The summed E-state index contributed by atoms with van der Waals surface area (Å²) >= 11 is 8.72. The number of aliphatic carboxylic acids is 1. The number of nitrogens with one attached hydrogen (secondary N) is 3. The number of fused-ring (bicyclic) bond motifs is 2. The second kappa shape index (κ2) is 12.0. The van der Waals surface area contributed by atoms with E-state index in [-0.39, 0.29) is 39.1 Å². The van der Waals surface area contributed by atoms with Crippen LogP contribution in [-0.4, -0.2) is 86.4 Å². The van der Waals surface area contributed by atoms with Gasteiger partial charge in [0.1, 0.15) is 33.9 Å². The number of aryl methyl sites for hydroxylation is 1. The zero-order valence-electron chi connectivity index (χ0n) is 23.1. The van der Waals surface area contributed by atoms with Crippen molar-refractivity contribution in [3.8, 4) is 5.75 Å². The third kappa shape index (κ3) is 5.53. The number of carboxylic acids is 1. The first-order chi connectivity index (χ1) is 21.5. The lowest BCUT2D eigenvalue weighted by atomic mass is 10.0. The van der Waals surface area contributed by atoms with Gasteiger partial charge in [0.15, 0.2) is 0 Å². The lowest BCUT2D eigenvalue weighted by Gasteiger charge is -2.49. The maximum absolute atomic E-state index is 13.7. The number of amides is 3. The molecule has 0 radical (unpaired) electrons. The monoisotopic (exact) mass is 670 g/mol. The number of imidazole rings is 1. The van der Waals surface area contributed by atoms with E-state index in [2.05, 4.69) is 25.9 Å². The third-order valence-corrected chi connectivity index (χ3v) is 10.0. The number of carboxylic acid groups (broad SMARTS) is 1. The minimum Gasteiger partial charge on any atom is -0.506 e. The molecule has 3 atom stereocenters. The number of β-lactam (4-membered cyclic amide) rings is 1. The summed E-state index contributed by atoms with van der Waals surface area (Å²) in [4.78, 5) is 69.0. The second-order valence-corrected chi connectivity index (χ2v) is 12.5. The fraction of sp³-hybridized carbons (Fsp3) is 0.222. The molecule has 1 fully saturated rings. The fourth-order valence-electron chi connectivity index (χ4n) is 5.05. The lowest BCUT2D eigenvalue weighted by Crippen LogP contribution is -2.71. The minimum atomic E-state index is -1.46. The van der Waals surface area contributed by atoms with Crippen molar-refractivity contribution in [3.05, 3.63) is 81.0 Å². The van der Waals surface area contributed by atoms with Crippen LogP contribution < -0.4 is 16.3 Å². The molecule has 232 valence electrons. The Hall–Kier alpha value is -4.74. The number of nitrogens with zero attached hydrogens (tertiary/aromatic N) is 5. The summed E-state index contributed by atoms with van der Waals surface area (Å²) in [6, 6.07) is 6.86. The van der Waals surface area contributed by atoms with E-state index in [1.165, 1.54) is 41.7 Å². The van der Waals surface area contributed by atoms with Crippen LogP contribution in [0.3, 0.4) is 0 Å². The van der Waals surface area contributed by atoms with Gasteiger partial charge in [-0.25, -0.2) is 23.6 Å². The summed E-state index contributed by atoms with van der Waals surface area (Å²) in [7, 11) is 1.71. The Bertz CT molecular complexity index is 1970. The van der Waals surface area contributed by atoms with Gasteiger partial charge in [-0.1, -0.05) is 35.0 Å². The molecule has 2 aromatic carbocycles. The smallest absolute Gasteiger partial charge is 0.352 e. The molecule has 0 spiro atoms. The molecule has 0 aliphatic carbocycles. The SMILES string of the molecule is Cn1nncc1SCC1=C(C(=O)O)N2C(=O)C(NC(=O)C(NC(=O)n3c(=O)[nH]c4ccccc43)c3ccc(O)c(Cl)c3)[C@H]2SC1. The number of carbonyl (C=O) groups excluding carboxylic acids is 3. The number of aromatic amines is 1. The van der Waals surface area contributed by atoms with E-state index in [1.54, 1.807) is 42.2 Å². The highest BCUT2D eigenvalue weighted by molar-refractivity contribution is 8.01. The standard InChI is InChI=1S/C27H23ClN8O7S2/c1-34-18(9-29-33-34)44-10-13-11-45-24-20(23(39)36(24)21(13)25(40)41)31-22(38)19(12-6-7-17(37)14(28)8-12)32-27(43)35-16-5-3-2-4-15(16)30-26(35)42/h2-9,19-20,24,37H,10-11H2,1H3,(H,30,42)(H,31,38)(H,32,43)(H,40,41)/t19?,20?,24-/m1/s1. The predicted octanol–water partition coefficient (Wildman–Crippen LogP) is 1.65. The summed E-state index contributed by atoms with van der Waals surface area (Å²) in [5.74, 6) is -2.41. The predicted molar refractivity (Wildman–Crippen MR) is 164 cm³/mol. The van der Waals surface area contributed by atoms with E-state index < -0.39 is 47.0 Å². The van der Waals surface area contributed by atoms with Crippen molar-refractivity contribution in [2.24, 2.45) is 7.05 Å². The number of para-hydroxylation sites is 2. The zero-order chi connectivity index (χ0) is 32.0. The van der Waals surface area contributed by atoms with Crippen LogP contribution in [0.2, 0.25) is 5.02 Å². The first-order valence-electron chi connectivity index (χ1n) is 13.2. The maximum Gasteiger partial charge on any atom is 0.352 e. The van der Waals surface area contributed by atoms with Gasteiger partial charge >= 0.3 is 17.7 Å². The molecule has 6 rings (SSSR count). The molecule has 4 heterocycles. The molecule has 2 aromatic heterocycles. The summed E-state index contributed by atoms with van der Waals surface area (Å²) in [6.07, 6.45) is 1.55. The van der Waals surface area contributed by atoms with Crippen LogP contribution in [0.5, 0.6) is 5.75 Å². The Labute approximate surface area is 266 Å². The molecule has 1 saturated heterocycles. The molecule has 45 heavy (non-hydrogen) atoms. The fourth-order valence-corrected chi connectivity index (χ4v) is 7.62. The average molecular weight is 671 g/mol. The molecule has 2 aliphatic heterocycles. The number of H-pyrrole nitrogens is 1. The topological polar surface area (TPSA) is 205 Å². The number of thioether (sulfide) groups is 2. The van der Waals surface area contributed by atoms with Crippen molar-refractivity contribution >= 4 is 70.0 Å². The Kier molecular flexibility index (Phi) is 8.07. The van der Waals surface area contributed by atoms with E-state index in [1.807, 2.05) is 0 Å². The van der Waals surface area contributed by atoms with Crippen LogP contribution in [0.25, 0.3) is 11.0 Å². The van der Waals surface area contributed by atoms with Gasteiger partial charge in [-0.3, -0.25) is 14.5 Å². The minimum absolute atomic E-state index is 0.0962. The van der Waals surface area contributed by atoms with Crippen molar-refractivity contribution in [2.45, 2.75) is 22.5 Å². The van der Waals surface area contributed by atoms with E-state index in [0.717, 1.165) is 14.5 Å². The molecule has 18 heteroatoms. The average Bonchev–Trinajstić information content (AvgIpc) is 3.59. The molecule has 2 aliphatic rings. The largest absolute Gasteiger partial charge is 0.506 e. The van der Waals surface area contributed by atoms with Crippen LogP contribution in [-0.2, 0) is 21.4 Å². The Morgan fingerprint density at radius 2 is 2.00 bits per heavy atom. The van der Waals surface area contributed by atoms with E-state index in [9.17, 15) is 34.2 Å². The van der Waals surface area contributed by atoms with Gasteiger partial charge in [-0.2, -0.15) is 0 Å². The first kappa shape index (κ1) is 30.3. The van der Waals surface area contributed by atoms with Crippen LogP contribution in [0, 0.1) is 0 Å². The van der Waals surface area contributed by atoms with Crippen molar-refractivity contribution in [2.75, 3.05) is 11.5 Å². The molecule has 2 unspecified atom stereocenters. The van der Waals surface area contributed by atoms with E-state index in [4.69, 9.17) is 11.6 Å². The van der Waals surface area contributed by atoms with Crippen LogP contribution in [0.15, 0.2) is 69.8 Å². The van der Waals surface area contributed by atoms with Gasteiger partial charge in [0.25, 0.3) is 5.91 Å². The number of phenols is 1. The van der Waals surface area contributed by atoms with Gasteiger partial charge in [-0.15, -0.1) is 28.6 Å². The molecule has 0 saturated carbocycles.